The Bertz CT molecular complexity index is 751. The number of carbonyl (C=O) groups is 2. The van der Waals surface area contributed by atoms with E-state index < -0.39 is 0 Å². The summed E-state index contributed by atoms with van der Waals surface area (Å²) in [5.41, 5.74) is 1.73. The van der Waals surface area contributed by atoms with E-state index in [9.17, 15) is 9.59 Å². The minimum absolute atomic E-state index is 0.134. The number of hydrogen-bond donors (Lipinski definition) is 0. The zero-order valence-corrected chi connectivity index (χ0v) is 14.1. The van der Waals surface area contributed by atoms with Gasteiger partial charge >= 0.3 is 0 Å². The minimum Gasteiger partial charge on any atom is -0.289 e. The molecule has 0 radical (unpaired) electrons. The third-order valence-corrected chi connectivity index (χ3v) is 5.65. The van der Waals surface area contributed by atoms with Gasteiger partial charge in [0.05, 0.1) is 5.56 Å². The van der Waals surface area contributed by atoms with Gasteiger partial charge in [0, 0.05) is 30.1 Å². The SMILES string of the molecule is O=C1c2ccccc2C(=O)c2c(Br)c(Br)cc(Br)c21. The highest BCUT2D eigenvalue weighted by Crippen LogP contribution is 2.40. The molecule has 0 unspecified atom stereocenters. The molecule has 0 saturated heterocycles. The lowest BCUT2D eigenvalue weighted by atomic mass is 9.84. The van der Waals surface area contributed by atoms with Gasteiger partial charge in [-0.15, -0.1) is 0 Å². The summed E-state index contributed by atoms with van der Waals surface area (Å²) in [6, 6.07) is 8.65. The minimum atomic E-state index is -0.140. The van der Waals surface area contributed by atoms with E-state index >= 15 is 0 Å². The standard InChI is InChI=1S/C14H5Br3O2/c15-8-5-9(16)12(17)11-10(8)13(18)6-3-1-2-4-7(6)14(11)19/h1-5H. The van der Waals surface area contributed by atoms with E-state index in [4.69, 9.17) is 0 Å². The normalized spacial score (nSPS) is 13.2. The van der Waals surface area contributed by atoms with E-state index in [0.29, 0.717) is 31.2 Å². The Kier molecular flexibility index (Phi) is 3.23. The second-order valence-corrected chi connectivity index (χ2v) is 6.61. The molecule has 0 amide bonds. The zero-order valence-electron chi connectivity index (χ0n) is 9.34. The van der Waals surface area contributed by atoms with Crippen LogP contribution in [0.5, 0.6) is 0 Å². The van der Waals surface area contributed by atoms with Crippen molar-refractivity contribution in [1.82, 2.24) is 0 Å². The van der Waals surface area contributed by atoms with Gasteiger partial charge in [0.25, 0.3) is 0 Å². The summed E-state index contributed by atoms with van der Waals surface area (Å²) in [7, 11) is 0. The fourth-order valence-corrected chi connectivity index (χ4v) is 4.01. The molecule has 2 nitrogen and oxygen atoms in total. The molecule has 3 rings (SSSR count). The Balaban J connectivity index is 2.43. The van der Waals surface area contributed by atoms with Gasteiger partial charge in [-0.05, 0) is 53.9 Å². The van der Waals surface area contributed by atoms with Gasteiger partial charge in [-0.3, -0.25) is 9.59 Å². The molecule has 0 atom stereocenters. The second kappa shape index (κ2) is 4.65. The van der Waals surface area contributed by atoms with Gasteiger partial charge in [-0.2, -0.15) is 0 Å². The summed E-state index contributed by atoms with van der Waals surface area (Å²) < 4.78 is 1.96. The fraction of sp³-hybridized carbons (Fsp3) is 0. The lowest BCUT2D eigenvalue weighted by Gasteiger charge is -2.20. The van der Waals surface area contributed by atoms with E-state index in [0.717, 1.165) is 4.47 Å². The first kappa shape index (κ1) is 13.2. The molecule has 0 saturated carbocycles. The number of rotatable bonds is 0. The Morgan fingerprint density at radius 3 is 1.84 bits per heavy atom. The van der Waals surface area contributed by atoms with Crippen LogP contribution in [-0.4, -0.2) is 11.6 Å². The summed E-state index contributed by atoms with van der Waals surface area (Å²) >= 11 is 10.1. The van der Waals surface area contributed by atoms with Crippen molar-refractivity contribution in [3.63, 3.8) is 0 Å². The maximum absolute atomic E-state index is 12.6. The first-order valence-corrected chi connectivity index (χ1v) is 7.76. The molecule has 2 aromatic carbocycles. The Morgan fingerprint density at radius 2 is 1.26 bits per heavy atom. The molecule has 0 fully saturated rings. The molecule has 2 aromatic rings. The third kappa shape index (κ3) is 1.87. The predicted molar refractivity (Wildman–Crippen MR) is 82.8 cm³/mol. The van der Waals surface area contributed by atoms with Crippen LogP contribution in [-0.2, 0) is 0 Å². The highest BCUT2D eigenvalue weighted by Gasteiger charge is 2.33. The van der Waals surface area contributed by atoms with Crippen molar-refractivity contribution >= 4 is 59.4 Å². The highest BCUT2D eigenvalue weighted by molar-refractivity contribution is 9.13. The number of halogens is 3. The average Bonchev–Trinajstić information content (AvgIpc) is 2.40. The highest BCUT2D eigenvalue weighted by atomic mass is 79.9. The topological polar surface area (TPSA) is 34.1 Å². The molecule has 1 aliphatic carbocycles. The van der Waals surface area contributed by atoms with Crippen LogP contribution in [0.15, 0.2) is 43.7 Å². The van der Waals surface area contributed by atoms with Crippen LogP contribution in [0, 0.1) is 0 Å². The van der Waals surface area contributed by atoms with Gasteiger partial charge in [0.2, 0.25) is 0 Å². The number of hydrogen-bond acceptors (Lipinski definition) is 2. The van der Waals surface area contributed by atoms with Gasteiger partial charge < -0.3 is 0 Å². The molecular formula is C14H5Br3O2. The van der Waals surface area contributed by atoms with Crippen molar-refractivity contribution in [2.24, 2.45) is 0 Å². The molecule has 94 valence electrons. The van der Waals surface area contributed by atoms with Crippen molar-refractivity contribution in [2.45, 2.75) is 0 Å². The van der Waals surface area contributed by atoms with Crippen LogP contribution in [0.2, 0.25) is 0 Å². The van der Waals surface area contributed by atoms with Gasteiger partial charge in [0.1, 0.15) is 0 Å². The zero-order chi connectivity index (χ0) is 13.7. The lowest BCUT2D eigenvalue weighted by molar-refractivity contribution is 0.0978. The molecule has 5 heteroatoms. The van der Waals surface area contributed by atoms with Crippen LogP contribution < -0.4 is 0 Å². The Morgan fingerprint density at radius 1 is 0.737 bits per heavy atom. The Hall–Kier alpha value is -0.780. The second-order valence-electron chi connectivity index (χ2n) is 4.11. The first-order chi connectivity index (χ1) is 9.02. The van der Waals surface area contributed by atoms with Crippen molar-refractivity contribution in [3.8, 4) is 0 Å². The maximum Gasteiger partial charge on any atom is 0.195 e. The quantitative estimate of drug-likeness (QED) is 0.469. The molecule has 0 N–H and O–H groups in total. The molecule has 19 heavy (non-hydrogen) atoms. The van der Waals surface area contributed by atoms with Gasteiger partial charge in [-0.1, -0.05) is 24.3 Å². The average molecular weight is 445 g/mol. The van der Waals surface area contributed by atoms with E-state index in [1.165, 1.54) is 0 Å². The summed E-state index contributed by atoms with van der Waals surface area (Å²) in [6.45, 7) is 0. The van der Waals surface area contributed by atoms with E-state index in [2.05, 4.69) is 47.8 Å². The molecule has 0 bridgehead atoms. The van der Waals surface area contributed by atoms with Crippen LogP contribution in [0.1, 0.15) is 31.8 Å². The smallest absolute Gasteiger partial charge is 0.195 e. The summed E-state index contributed by atoms with van der Waals surface area (Å²) in [6.07, 6.45) is 0. The van der Waals surface area contributed by atoms with Crippen LogP contribution >= 0.6 is 47.8 Å². The molecule has 0 aromatic heterocycles. The summed E-state index contributed by atoms with van der Waals surface area (Å²) in [5.74, 6) is -0.274. The molecule has 1 aliphatic rings. The maximum atomic E-state index is 12.6. The summed E-state index contributed by atoms with van der Waals surface area (Å²) in [5, 5.41) is 0. The van der Waals surface area contributed by atoms with Crippen LogP contribution in [0.4, 0.5) is 0 Å². The molecular weight excluding hydrogens is 440 g/mol. The van der Waals surface area contributed by atoms with Crippen LogP contribution in [0.25, 0.3) is 0 Å². The number of benzene rings is 2. The van der Waals surface area contributed by atoms with E-state index in [1.54, 1.807) is 30.3 Å². The van der Waals surface area contributed by atoms with Crippen molar-refractivity contribution in [2.75, 3.05) is 0 Å². The molecule has 0 aliphatic heterocycles. The Labute approximate surface area is 134 Å². The summed E-state index contributed by atoms with van der Waals surface area (Å²) in [4.78, 5) is 25.1. The predicted octanol–water partition coefficient (Wildman–Crippen LogP) is 4.75. The third-order valence-electron chi connectivity index (χ3n) is 3.04. The van der Waals surface area contributed by atoms with Crippen LogP contribution in [0.3, 0.4) is 0 Å². The number of ketones is 2. The van der Waals surface area contributed by atoms with Gasteiger partial charge in [0.15, 0.2) is 11.6 Å². The number of carbonyl (C=O) groups excluding carboxylic acids is 2. The lowest BCUT2D eigenvalue weighted by Crippen LogP contribution is -2.22. The molecule has 0 heterocycles. The van der Waals surface area contributed by atoms with Crippen molar-refractivity contribution in [1.29, 1.82) is 0 Å². The number of fused-ring (bicyclic) bond motifs is 2. The van der Waals surface area contributed by atoms with Gasteiger partial charge in [-0.25, -0.2) is 0 Å². The van der Waals surface area contributed by atoms with Crippen molar-refractivity contribution in [3.05, 3.63) is 66.0 Å². The monoisotopic (exact) mass is 442 g/mol. The van der Waals surface area contributed by atoms with Crippen molar-refractivity contribution < 1.29 is 9.59 Å². The first-order valence-electron chi connectivity index (χ1n) is 5.38. The fourth-order valence-electron chi connectivity index (χ4n) is 2.18. The van der Waals surface area contributed by atoms with E-state index in [1.807, 2.05) is 0 Å². The molecule has 0 spiro atoms. The largest absolute Gasteiger partial charge is 0.289 e. The van der Waals surface area contributed by atoms with E-state index in [-0.39, 0.29) is 11.6 Å².